The number of aliphatic hydroxyl groups excluding tert-OH is 3. The van der Waals surface area contributed by atoms with E-state index in [0.717, 1.165) is 44.9 Å². The number of esters is 1. The molecule has 0 bridgehead atoms. The molecule has 7 atom stereocenters. The number of aliphatic carboxylic acids is 2. The fourth-order valence-electron chi connectivity index (χ4n) is 5.87. The summed E-state index contributed by atoms with van der Waals surface area (Å²) in [5.41, 5.74) is 0. The lowest BCUT2D eigenvalue weighted by Gasteiger charge is -2.41. The third-order valence-corrected chi connectivity index (χ3v) is 9.08. The molecule has 5 unspecified atom stereocenters. The number of carboxylic acid groups (broad SMARTS) is 2. The van der Waals surface area contributed by atoms with Gasteiger partial charge in [0.25, 0.3) is 0 Å². The fourth-order valence-corrected chi connectivity index (χ4v) is 5.87. The van der Waals surface area contributed by atoms with Crippen LogP contribution >= 0.6 is 0 Å². The molecule has 0 aromatic carbocycles. The third-order valence-electron chi connectivity index (χ3n) is 9.08. The zero-order valence-electron chi connectivity index (χ0n) is 29.9. The van der Waals surface area contributed by atoms with Crippen LogP contribution in [0.1, 0.15) is 155 Å². The molecular formula is C36H65NO12. The number of ether oxygens (including phenoxy) is 3. The summed E-state index contributed by atoms with van der Waals surface area (Å²) >= 11 is 0. The molecule has 1 saturated heterocycles. The molecule has 13 nitrogen and oxygen atoms in total. The number of hydrogen-bond donors (Lipinski definition) is 6. The van der Waals surface area contributed by atoms with Crippen molar-refractivity contribution >= 4 is 23.8 Å². The summed E-state index contributed by atoms with van der Waals surface area (Å²) in [5, 5.41) is 50.9. The minimum absolute atomic E-state index is 0.187. The van der Waals surface area contributed by atoms with Crippen molar-refractivity contribution in [2.75, 3.05) is 6.61 Å². The summed E-state index contributed by atoms with van der Waals surface area (Å²) in [6, 6.07) is -0.832. The lowest BCUT2D eigenvalue weighted by molar-refractivity contribution is -0.312. The molecule has 49 heavy (non-hydrogen) atoms. The normalized spacial score (nSPS) is 21.9. The van der Waals surface area contributed by atoms with E-state index in [1.54, 1.807) is 0 Å². The standard InChI is InChI=1S/C36H65NO12/c1-3-27(48-36-34(44)33(43)32(42)28(49-36)25-47-31(41)24-23-30(39)40)21-19-17-15-13-11-9-7-5-4-6-8-10-12-14-16-18-20-22-29(38)37-26(2)35(45)46/h26-28,32-34,36,42-44H,3-25H2,1-2H3,(H,37,38)(H,39,40)(H,45,46)/t26-,27+,28?,32?,33?,34?,36?/m0/s1. The van der Waals surface area contributed by atoms with Gasteiger partial charge in [0.15, 0.2) is 6.29 Å². The first kappa shape index (κ1) is 44.7. The maximum absolute atomic E-state index is 11.7. The molecule has 1 heterocycles. The van der Waals surface area contributed by atoms with Gasteiger partial charge in [-0.05, 0) is 26.2 Å². The van der Waals surface area contributed by atoms with Crippen molar-refractivity contribution < 1.29 is 58.9 Å². The van der Waals surface area contributed by atoms with Crippen molar-refractivity contribution in [3.05, 3.63) is 0 Å². The predicted octanol–water partition coefficient (Wildman–Crippen LogP) is 5.00. The van der Waals surface area contributed by atoms with Crippen molar-refractivity contribution in [3.63, 3.8) is 0 Å². The van der Waals surface area contributed by atoms with Gasteiger partial charge in [-0.2, -0.15) is 0 Å². The maximum Gasteiger partial charge on any atom is 0.325 e. The van der Waals surface area contributed by atoms with Crippen LogP contribution in [-0.2, 0) is 33.4 Å². The molecule has 286 valence electrons. The molecule has 0 spiro atoms. The van der Waals surface area contributed by atoms with Gasteiger partial charge in [-0.3, -0.25) is 19.2 Å². The number of aliphatic hydroxyl groups is 3. The van der Waals surface area contributed by atoms with Gasteiger partial charge in [-0.1, -0.05) is 110 Å². The number of hydrogen-bond acceptors (Lipinski definition) is 10. The van der Waals surface area contributed by atoms with Gasteiger partial charge in [0.2, 0.25) is 5.91 Å². The third kappa shape index (κ3) is 21.5. The SMILES string of the molecule is CC[C@H](CCCCCCCCCCCCCCCCCCCC(=O)N[C@@H](C)C(=O)O)OC1OC(COC(=O)CCC(=O)O)C(O)C(O)C1O. The van der Waals surface area contributed by atoms with Crippen LogP contribution in [0.2, 0.25) is 0 Å². The lowest BCUT2D eigenvalue weighted by atomic mass is 9.99. The first-order valence-electron chi connectivity index (χ1n) is 18.7. The van der Waals surface area contributed by atoms with Gasteiger partial charge in [0.05, 0.1) is 18.9 Å². The minimum Gasteiger partial charge on any atom is -0.481 e. The van der Waals surface area contributed by atoms with Crippen molar-refractivity contribution in [1.82, 2.24) is 5.32 Å². The van der Waals surface area contributed by atoms with Crippen molar-refractivity contribution in [1.29, 1.82) is 0 Å². The van der Waals surface area contributed by atoms with E-state index >= 15 is 0 Å². The van der Waals surface area contributed by atoms with Crippen LogP contribution in [-0.4, -0.2) is 98.8 Å². The van der Waals surface area contributed by atoms with Crippen molar-refractivity contribution in [2.24, 2.45) is 0 Å². The number of carbonyl (C=O) groups excluding carboxylic acids is 2. The molecule has 0 saturated carbocycles. The van der Waals surface area contributed by atoms with Gasteiger partial charge >= 0.3 is 17.9 Å². The Hall–Kier alpha value is -2.32. The molecule has 0 aliphatic carbocycles. The number of unbranched alkanes of at least 4 members (excludes halogenated alkanes) is 16. The second kappa shape index (κ2) is 27.4. The largest absolute Gasteiger partial charge is 0.481 e. The highest BCUT2D eigenvalue weighted by Crippen LogP contribution is 2.25. The summed E-state index contributed by atoms with van der Waals surface area (Å²) in [7, 11) is 0. The van der Waals surface area contributed by atoms with E-state index in [2.05, 4.69) is 5.32 Å². The first-order chi connectivity index (χ1) is 23.5. The van der Waals surface area contributed by atoms with Gasteiger partial charge in [0, 0.05) is 6.42 Å². The van der Waals surface area contributed by atoms with Gasteiger partial charge < -0.3 is 45.1 Å². The van der Waals surface area contributed by atoms with Crippen LogP contribution in [0.25, 0.3) is 0 Å². The molecule has 1 amide bonds. The molecular weight excluding hydrogens is 638 g/mol. The van der Waals surface area contributed by atoms with E-state index in [9.17, 15) is 34.5 Å². The zero-order valence-corrected chi connectivity index (χ0v) is 29.9. The number of amides is 1. The highest BCUT2D eigenvalue weighted by atomic mass is 16.7. The van der Waals surface area contributed by atoms with Gasteiger partial charge in [-0.15, -0.1) is 0 Å². The number of carbonyl (C=O) groups is 4. The molecule has 1 rings (SSSR count). The Balaban J connectivity index is 2.02. The topological polar surface area (TPSA) is 209 Å². The Morgan fingerprint density at radius 3 is 1.63 bits per heavy atom. The molecule has 13 heteroatoms. The van der Waals surface area contributed by atoms with Crippen molar-refractivity contribution in [2.45, 2.75) is 198 Å². The fraction of sp³-hybridized carbons (Fsp3) is 0.889. The number of nitrogens with one attached hydrogen (secondary N) is 1. The molecule has 1 fully saturated rings. The second-order valence-corrected chi connectivity index (χ2v) is 13.4. The van der Waals surface area contributed by atoms with Crippen LogP contribution < -0.4 is 5.32 Å². The summed E-state index contributed by atoms with van der Waals surface area (Å²) < 4.78 is 16.6. The van der Waals surface area contributed by atoms with E-state index in [4.69, 9.17) is 24.4 Å². The van der Waals surface area contributed by atoms with E-state index in [-0.39, 0.29) is 24.9 Å². The first-order valence-corrected chi connectivity index (χ1v) is 18.7. The van der Waals surface area contributed by atoms with Gasteiger partial charge in [0.1, 0.15) is 37.1 Å². The molecule has 1 aliphatic heterocycles. The zero-order chi connectivity index (χ0) is 36.4. The van der Waals surface area contributed by atoms with Crippen LogP contribution in [0, 0.1) is 0 Å². The van der Waals surface area contributed by atoms with Crippen LogP contribution in [0.4, 0.5) is 0 Å². The minimum atomic E-state index is -1.54. The van der Waals surface area contributed by atoms with Crippen molar-refractivity contribution in [3.8, 4) is 0 Å². The Morgan fingerprint density at radius 2 is 1.16 bits per heavy atom. The highest BCUT2D eigenvalue weighted by Gasteiger charge is 2.45. The van der Waals surface area contributed by atoms with Crippen LogP contribution in [0.15, 0.2) is 0 Å². The van der Waals surface area contributed by atoms with E-state index in [0.29, 0.717) is 12.8 Å². The average Bonchev–Trinajstić information content (AvgIpc) is 3.07. The summed E-state index contributed by atoms with van der Waals surface area (Å²) in [5.74, 6) is -3.09. The summed E-state index contributed by atoms with van der Waals surface area (Å²) in [6.45, 7) is 3.04. The Bertz CT molecular complexity index is 918. The monoisotopic (exact) mass is 703 g/mol. The quantitative estimate of drug-likeness (QED) is 0.0432. The molecule has 1 aliphatic rings. The lowest BCUT2D eigenvalue weighted by Crippen LogP contribution is -2.60. The molecule has 0 aromatic rings. The Labute approximate surface area is 292 Å². The van der Waals surface area contributed by atoms with E-state index < -0.39 is 61.3 Å². The van der Waals surface area contributed by atoms with E-state index in [1.807, 2.05) is 6.92 Å². The second-order valence-electron chi connectivity index (χ2n) is 13.4. The highest BCUT2D eigenvalue weighted by molar-refractivity contribution is 5.83. The maximum atomic E-state index is 11.7. The predicted molar refractivity (Wildman–Crippen MR) is 183 cm³/mol. The molecule has 0 radical (unpaired) electrons. The van der Waals surface area contributed by atoms with E-state index in [1.165, 1.54) is 77.6 Å². The summed E-state index contributed by atoms with van der Waals surface area (Å²) in [4.78, 5) is 44.8. The van der Waals surface area contributed by atoms with Crippen LogP contribution in [0.3, 0.4) is 0 Å². The Morgan fingerprint density at radius 1 is 0.673 bits per heavy atom. The molecule has 0 aromatic heterocycles. The number of carboxylic acids is 2. The smallest absolute Gasteiger partial charge is 0.325 e. The molecule has 6 N–H and O–H groups in total. The van der Waals surface area contributed by atoms with Gasteiger partial charge in [-0.25, -0.2) is 0 Å². The van der Waals surface area contributed by atoms with Crippen LogP contribution in [0.5, 0.6) is 0 Å². The number of rotatable bonds is 30. The summed E-state index contributed by atoms with van der Waals surface area (Å²) in [6.07, 6.45) is 14.0. The Kier molecular flexibility index (Phi) is 25.0. The average molecular weight is 704 g/mol.